The molecule has 0 saturated heterocycles. The fraction of sp³-hybridized carbons (Fsp3) is 0.562. The Kier molecular flexibility index (Phi) is 11.7. The first kappa shape index (κ1) is 21.5. The summed E-state index contributed by atoms with van der Waals surface area (Å²) in [5, 5.41) is 7.36. The van der Waals surface area contributed by atoms with Gasteiger partial charge in [0, 0.05) is 18.1 Å². The van der Waals surface area contributed by atoms with Gasteiger partial charge in [0.2, 0.25) is 0 Å². The number of halogens is 2. The molecular weight excluding hydrogens is 411 g/mol. The van der Waals surface area contributed by atoms with Gasteiger partial charge in [-0.2, -0.15) is 0 Å². The second kappa shape index (κ2) is 12.0. The van der Waals surface area contributed by atoms with Crippen molar-refractivity contribution in [1.82, 2.24) is 15.5 Å². The van der Waals surface area contributed by atoms with Crippen LogP contribution >= 0.6 is 35.6 Å². The van der Waals surface area contributed by atoms with Crippen LogP contribution in [0.2, 0.25) is 5.02 Å². The first-order valence-corrected chi connectivity index (χ1v) is 7.90. The van der Waals surface area contributed by atoms with Crippen molar-refractivity contribution in [2.24, 2.45) is 4.99 Å². The minimum Gasteiger partial charge on any atom is -0.357 e. The summed E-state index contributed by atoms with van der Waals surface area (Å²) >= 11 is 5.96. The van der Waals surface area contributed by atoms with Gasteiger partial charge < -0.3 is 15.5 Å². The molecule has 0 aliphatic rings. The highest BCUT2D eigenvalue weighted by atomic mass is 127. The van der Waals surface area contributed by atoms with E-state index >= 15 is 0 Å². The minimum absolute atomic E-state index is 0. The predicted molar refractivity (Wildman–Crippen MR) is 108 cm³/mol. The molecule has 1 atom stereocenters. The van der Waals surface area contributed by atoms with E-state index in [0.29, 0.717) is 6.54 Å². The van der Waals surface area contributed by atoms with E-state index in [1.54, 1.807) is 0 Å². The molecule has 0 fully saturated rings. The highest BCUT2D eigenvalue weighted by Crippen LogP contribution is 2.20. The van der Waals surface area contributed by atoms with E-state index in [1.807, 2.05) is 12.1 Å². The average Bonchev–Trinajstić information content (AvgIpc) is 2.46. The molecule has 0 saturated carbocycles. The van der Waals surface area contributed by atoms with E-state index in [9.17, 15) is 0 Å². The third-order valence-electron chi connectivity index (χ3n) is 3.19. The first-order chi connectivity index (χ1) is 10.1. The molecule has 22 heavy (non-hydrogen) atoms. The molecule has 1 rings (SSSR count). The number of benzene rings is 1. The van der Waals surface area contributed by atoms with Gasteiger partial charge in [-0.1, -0.05) is 30.7 Å². The molecule has 6 heteroatoms. The maximum absolute atomic E-state index is 5.96. The molecule has 0 amide bonds. The van der Waals surface area contributed by atoms with Gasteiger partial charge in [0.15, 0.2) is 5.96 Å². The van der Waals surface area contributed by atoms with E-state index in [-0.39, 0.29) is 30.0 Å². The van der Waals surface area contributed by atoms with Gasteiger partial charge in [-0.05, 0) is 45.1 Å². The van der Waals surface area contributed by atoms with Gasteiger partial charge in [-0.15, -0.1) is 24.0 Å². The molecule has 0 spiro atoms. The molecule has 0 aliphatic heterocycles. The van der Waals surface area contributed by atoms with Crippen molar-refractivity contribution in [1.29, 1.82) is 0 Å². The van der Waals surface area contributed by atoms with Crippen LogP contribution in [0, 0.1) is 0 Å². The van der Waals surface area contributed by atoms with E-state index < -0.39 is 0 Å². The second-order valence-electron chi connectivity index (χ2n) is 5.18. The van der Waals surface area contributed by atoms with Crippen molar-refractivity contribution in [3.63, 3.8) is 0 Å². The van der Waals surface area contributed by atoms with Crippen molar-refractivity contribution in [3.8, 4) is 0 Å². The van der Waals surface area contributed by atoms with E-state index in [4.69, 9.17) is 16.6 Å². The zero-order chi connectivity index (χ0) is 15.7. The van der Waals surface area contributed by atoms with E-state index in [1.165, 1.54) is 5.56 Å². The van der Waals surface area contributed by atoms with E-state index in [2.05, 4.69) is 55.6 Å². The number of guanidine groups is 1. The number of nitrogens with one attached hydrogen (secondary N) is 2. The molecule has 0 heterocycles. The molecule has 0 aliphatic carbocycles. The Morgan fingerprint density at radius 1 is 1.18 bits per heavy atom. The summed E-state index contributed by atoms with van der Waals surface area (Å²) in [6.45, 7) is 6.72. The highest BCUT2D eigenvalue weighted by Gasteiger charge is 2.13. The van der Waals surface area contributed by atoms with Crippen molar-refractivity contribution in [2.45, 2.75) is 26.3 Å². The maximum atomic E-state index is 5.96. The molecule has 0 bridgehead atoms. The Morgan fingerprint density at radius 3 is 2.32 bits per heavy atom. The lowest BCUT2D eigenvalue weighted by molar-refractivity contribution is 0.306. The Balaban J connectivity index is 0.00000441. The Labute approximate surface area is 156 Å². The summed E-state index contributed by atoms with van der Waals surface area (Å²) < 4.78 is 0. The van der Waals surface area contributed by atoms with Crippen molar-refractivity contribution < 1.29 is 0 Å². The lowest BCUT2D eigenvalue weighted by Crippen LogP contribution is -2.38. The summed E-state index contributed by atoms with van der Waals surface area (Å²) in [6.07, 6.45) is 1.08. The number of rotatable bonds is 7. The van der Waals surface area contributed by atoms with Gasteiger partial charge in [-0.25, -0.2) is 0 Å². The number of hydrogen-bond acceptors (Lipinski definition) is 2. The zero-order valence-electron chi connectivity index (χ0n) is 13.9. The zero-order valence-corrected chi connectivity index (χ0v) is 17.0. The summed E-state index contributed by atoms with van der Waals surface area (Å²) in [6, 6.07) is 8.22. The topological polar surface area (TPSA) is 39.7 Å². The monoisotopic (exact) mass is 438 g/mol. The Morgan fingerprint density at radius 2 is 1.82 bits per heavy atom. The van der Waals surface area contributed by atoms with Crippen LogP contribution < -0.4 is 10.6 Å². The third kappa shape index (κ3) is 7.65. The van der Waals surface area contributed by atoms with Crippen molar-refractivity contribution in [3.05, 3.63) is 34.9 Å². The fourth-order valence-electron chi connectivity index (χ4n) is 2.01. The molecule has 1 unspecified atom stereocenters. The van der Waals surface area contributed by atoms with Crippen LogP contribution in [0.15, 0.2) is 29.3 Å². The van der Waals surface area contributed by atoms with Crippen LogP contribution in [0.25, 0.3) is 0 Å². The minimum atomic E-state index is 0. The van der Waals surface area contributed by atoms with Gasteiger partial charge in [-0.3, -0.25) is 4.99 Å². The Hall–Kier alpha value is -0.530. The number of nitrogens with zero attached hydrogens (tertiary/aromatic N) is 2. The molecule has 1 aromatic rings. The van der Waals surface area contributed by atoms with Crippen LogP contribution in [0.4, 0.5) is 0 Å². The largest absolute Gasteiger partial charge is 0.357 e. The fourth-order valence-corrected chi connectivity index (χ4v) is 2.14. The van der Waals surface area contributed by atoms with Crippen molar-refractivity contribution >= 4 is 41.5 Å². The Bertz CT molecular complexity index is 434. The van der Waals surface area contributed by atoms with Crippen LogP contribution in [0.3, 0.4) is 0 Å². The SMILES string of the molecule is CCCNC(=NCC(c1ccc(Cl)cc1)N(C)C)NCC.I. The van der Waals surface area contributed by atoms with Crippen LogP contribution in [0.1, 0.15) is 31.9 Å². The average molecular weight is 439 g/mol. The van der Waals surface area contributed by atoms with Gasteiger partial charge in [0.05, 0.1) is 12.6 Å². The van der Waals surface area contributed by atoms with Gasteiger partial charge in [0.1, 0.15) is 0 Å². The van der Waals surface area contributed by atoms with Crippen LogP contribution in [-0.4, -0.2) is 44.6 Å². The van der Waals surface area contributed by atoms with Crippen LogP contribution in [-0.2, 0) is 0 Å². The highest BCUT2D eigenvalue weighted by molar-refractivity contribution is 14.0. The smallest absolute Gasteiger partial charge is 0.191 e. The van der Waals surface area contributed by atoms with Crippen molar-refractivity contribution in [2.75, 3.05) is 33.7 Å². The molecule has 0 radical (unpaired) electrons. The molecular formula is C16H28ClIN4. The number of aliphatic imine (C=N–C) groups is 1. The lowest BCUT2D eigenvalue weighted by Gasteiger charge is -2.23. The normalized spacial score (nSPS) is 12.7. The standard InChI is InChI=1S/C16H27ClN4.HI/c1-5-11-19-16(18-6-2)20-12-15(21(3)4)13-7-9-14(17)10-8-13;/h7-10,15H,5-6,11-12H2,1-4H3,(H2,18,19,20);1H. The van der Waals surface area contributed by atoms with E-state index in [0.717, 1.165) is 30.5 Å². The lowest BCUT2D eigenvalue weighted by atomic mass is 10.1. The number of likely N-dealkylation sites (N-methyl/N-ethyl adjacent to an activating group) is 1. The van der Waals surface area contributed by atoms with Gasteiger partial charge >= 0.3 is 0 Å². The van der Waals surface area contributed by atoms with Gasteiger partial charge in [0.25, 0.3) is 0 Å². The number of hydrogen-bond donors (Lipinski definition) is 2. The third-order valence-corrected chi connectivity index (χ3v) is 3.44. The summed E-state index contributed by atoms with van der Waals surface area (Å²) in [5.74, 6) is 0.875. The summed E-state index contributed by atoms with van der Waals surface area (Å²) in [4.78, 5) is 6.87. The molecule has 2 N–H and O–H groups in total. The van der Waals surface area contributed by atoms with Crippen LogP contribution in [0.5, 0.6) is 0 Å². The first-order valence-electron chi connectivity index (χ1n) is 7.52. The maximum Gasteiger partial charge on any atom is 0.191 e. The molecule has 1 aromatic carbocycles. The molecule has 0 aromatic heterocycles. The predicted octanol–water partition coefficient (Wildman–Crippen LogP) is 3.53. The molecule has 126 valence electrons. The quantitative estimate of drug-likeness (QED) is 0.389. The summed E-state index contributed by atoms with van der Waals surface area (Å²) in [5.41, 5.74) is 1.22. The second-order valence-corrected chi connectivity index (χ2v) is 5.61. The summed E-state index contributed by atoms with van der Waals surface area (Å²) in [7, 11) is 4.14. The molecule has 4 nitrogen and oxygen atoms in total.